The van der Waals surface area contributed by atoms with Gasteiger partial charge in [-0.1, -0.05) is 6.07 Å². The van der Waals surface area contributed by atoms with Crippen LogP contribution in [-0.2, 0) is 10.0 Å². The first-order valence-electron chi connectivity index (χ1n) is 8.02. The van der Waals surface area contributed by atoms with Gasteiger partial charge >= 0.3 is 0 Å². The van der Waals surface area contributed by atoms with E-state index >= 15 is 0 Å². The lowest BCUT2D eigenvalue weighted by Gasteiger charge is -2.24. The Hall–Kier alpha value is -2.45. The Bertz CT molecular complexity index is 898. The third-order valence-corrected chi connectivity index (χ3v) is 5.67. The number of anilines is 1. The van der Waals surface area contributed by atoms with Gasteiger partial charge in [-0.05, 0) is 55.8 Å². The fraction of sp³-hybridized carbons (Fsp3) is 0.278. The molecule has 0 spiro atoms. The Morgan fingerprint density at radius 1 is 1.23 bits per heavy atom. The highest BCUT2D eigenvalue weighted by Gasteiger charge is 2.22. The van der Waals surface area contributed by atoms with Crippen LogP contribution in [0.1, 0.15) is 22.8 Å². The quantitative estimate of drug-likeness (QED) is 0.806. The number of nitrogens with zero attached hydrogens (tertiary/aromatic N) is 1. The van der Waals surface area contributed by atoms with Crippen LogP contribution in [0.3, 0.4) is 0 Å². The van der Waals surface area contributed by atoms with Gasteiger partial charge in [0, 0.05) is 30.9 Å². The van der Waals surface area contributed by atoms with E-state index in [4.69, 9.17) is 5.73 Å². The molecule has 0 aliphatic rings. The Kier molecular flexibility index (Phi) is 5.99. The molecule has 0 aliphatic carbocycles. The van der Waals surface area contributed by atoms with Crippen LogP contribution in [0, 0.1) is 12.7 Å². The number of rotatable bonds is 6. The maximum atomic E-state index is 13.0. The van der Waals surface area contributed by atoms with E-state index in [2.05, 4.69) is 4.72 Å². The molecule has 140 valence electrons. The maximum absolute atomic E-state index is 13.0. The topological polar surface area (TPSA) is 92.5 Å². The average molecular weight is 379 g/mol. The monoisotopic (exact) mass is 379 g/mol. The molecule has 3 N–H and O–H groups in total. The summed E-state index contributed by atoms with van der Waals surface area (Å²) in [4.78, 5) is 14.0. The van der Waals surface area contributed by atoms with Crippen LogP contribution in [0.15, 0.2) is 47.4 Å². The molecule has 0 radical (unpaired) electrons. The Morgan fingerprint density at radius 2 is 1.85 bits per heavy atom. The molecule has 1 atom stereocenters. The van der Waals surface area contributed by atoms with Crippen molar-refractivity contribution in [1.82, 2.24) is 4.90 Å². The lowest BCUT2D eigenvalue weighted by molar-refractivity contribution is 0.0748. The summed E-state index contributed by atoms with van der Waals surface area (Å²) in [5, 5.41) is 0. The van der Waals surface area contributed by atoms with E-state index in [1.165, 1.54) is 23.1 Å². The molecule has 6 nitrogen and oxygen atoms in total. The van der Waals surface area contributed by atoms with Crippen molar-refractivity contribution < 1.29 is 17.6 Å². The highest BCUT2D eigenvalue weighted by Crippen LogP contribution is 2.22. The molecule has 0 aromatic heterocycles. The van der Waals surface area contributed by atoms with Crippen molar-refractivity contribution in [2.75, 3.05) is 18.3 Å². The van der Waals surface area contributed by atoms with Crippen molar-refractivity contribution in [3.8, 4) is 0 Å². The number of carbonyl (C=O) groups excluding carboxylic acids is 1. The maximum Gasteiger partial charge on any atom is 0.262 e. The van der Waals surface area contributed by atoms with Gasteiger partial charge in [-0.25, -0.2) is 12.8 Å². The number of hydrogen-bond acceptors (Lipinski definition) is 4. The normalized spacial score (nSPS) is 12.5. The van der Waals surface area contributed by atoms with Gasteiger partial charge in [0.25, 0.3) is 15.9 Å². The summed E-state index contributed by atoms with van der Waals surface area (Å²) in [6.07, 6.45) is 0. The third-order valence-electron chi connectivity index (χ3n) is 4.14. The molecule has 0 fully saturated rings. The Labute approximate surface area is 152 Å². The molecule has 0 heterocycles. The molecule has 1 unspecified atom stereocenters. The van der Waals surface area contributed by atoms with Gasteiger partial charge < -0.3 is 10.6 Å². The molecule has 2 aromatic carbocycles. The predicted molar refractivity (Wildman–Crippen MR) is 99.0 cm³/mol. The van der Waals surface area contributed by atoms with Crippen molar-refractivity contribution in [3.05, 3.63) is 59.4 Å². The van der Waals surface area contributed by atoms with E-state index in [1.807, 2.05) is 0 Å². The van der Waals surface area contributed by atoms with Crippen LogP contribution in [-0.4, -0.2) is 38.9 Å². The number of nitrogens with two attached hydrogens (primary N) is 1. The van der Waals surface area contributed by atoms with Crippen LogP contribution in [0.5, 0.6) is 0 Å². The van der Waals surface area contributed by atoms with E-state index in [1.54, 1.807) is 33.0 Å². The number of hydrogen-bond donors (Lipinski definition) is 2. The lowest BCUT2D eigenvalue weighted by Crippen LogP contribution is -2.39. The predicted octanol–water partition coefficient (Wildman–Crippen LogP) is 2.35. The second-order valence-corrected chi connectivity index (χ2v) is 7.74. The minimum atomic E-state index is -3.93. The van der Waals surface area contributed by atoms with Crippen LogP contribution < -0.4 is 10.5 Å². The summed E-state index contributed by atoms with van der Waals surface area (Å²) < 4.78 is 40.8. The highest BCUT2D eigenvalue weighted by molar-refractivity contribution is 7.92. The number of halogens is 1. The first kappa shape index (κ1) is 19.9. The number of carbonyl (C=O) groups is 1. The van der Waals surface area contributed by atoms with Crippen LogP contribution in [0.2, 0.25) is 0 Å². The zero-order chi connectivity index (χ0) is 19.5. The fourth-order valence-electron chi connectivity index (χ4n) is 2.31. The zero-order valence-corrected chi connectivity index (χ0v) is 15.7. The molecular formula is C18H22FN3O3S. The van der Waals surface area contributed by atoms with E-state index in [0.717, 1.165) is 12.1 Å². The molecule has 0 aliphatic heterocycles. The van der Waals surface area contributed by atoms with Crippen LogP contribution in [0.25, 0.3) is 0 Å². The fourth-order valence-corrected chi connectivity index (χ4v) is 3.64. The minimum absolute atomic E-state index is 0.0125. The Morgan fingerprint density at radius 3 is 2.42 bits per heavy atom. The van der Waals surface area contributed by atoms with Crippen molar-refractivity contribution in [3.63, 3.8) is 0 Å². The highest BCUT2D eigenvalue weighted by atomic mass is 32.2. The molecule has 0 bridgehead atoms. The van der Waals surface area contributed by atoms with Crippen molar-refractivity contribution >= 4 is 21.6 Å². The van der Waals surface area contributed by atoms with Crippen molar-refractivity contribution in [2.45, 2.75) is 24.8 Å². The molecule has 0 saturated heterocycles. The molecule has 0 saturated carbocycles. The molecule has 2 aromatic rings. The van der Waals surface area contributed by atoms with Crippen LogP contribution in [0.4, 0.5) is 10.1 Å². The van der Waals surface area contributed by atoms with E-state index < -0.39 is 15.8 Å². The average Bonchev–Trinajstić information content (AvgIpc) is 2.61. The van der Waals surface area contributed by atoms with Crippen molar-refractivity contribution in [2.24, 2.45) is 5.73 Å². The molecule has 1 amide bonds. The smallest absolute Gasteiger partial charge is 0.262 e. The first-order valence-corrected chi connectivity index (χ1v) is 9.50. The summed E-state index contributed by atoms with van der Waals surface area (Å²) in [6.45, 7) is 3.74. The van der Waals surface area contributed by atoms with Gasteiger partial charge in [-0.2, -0.15) is 0 Å². The summed E-state index contributed by atoms with van der Waals surface area (Å²) in [5.74, 6) is -0.782. The lowest BCUT2D eigenvalue weighted by atomic mass is 10.1. The first-order chi connectivity index (χ1) is 12.2. The largest absolute Gasteiger partial charge is 0.338 e. The second kappa shape index (κ2) is 7.84. The number of amides is 1. The Balaban J connectivity index is 2.36. The zero-order valence-electron chi connectivity index (χ0n) is 14.9. The van der Waals surface area contributed by atoms with E-state index in [9.17, 15) is 17.6 Å². The molecular weight excluding hydrogens is 357 g/mol. The van der Waals surface area contributed by atoms with E-state index in [-0.39, 0.29) is 28.1 Å². The standard InChI is InChI=1S/C18H22FN3O3S/c1-12-4-5-14(18(23)22(3)13(2)11-20)10-17(12)26(24,25)21-16-8-6-15(19)7-9-16/h4-10,13,21H,11,20H2,1-3H3. The third kappa shape index (κ3) is 4.39. The number of benzene rings is 2. The van der Waals surface area contributed by atoms with E-state index in [0.29, 0.717) is 12.1 Å². The van der Waals surface area contributed by atoms with Gasteiger partial charge in [-0.15, -0.1) is 0 Å². The number of sulfonamides is 1. The number of aryl methyl sites for hydroxylation is 1. The van der Waals surface area contributed by atoms with Gasteiger partial charge in [0.05, 0.1) is 4.90 Å². The molecule has 2 rings (SSSR count). The summed E-state index contributed by atoms with van der Waals surface area (Å²) >= 11 is 0. The number of nitrogens with one attached hydrogen (secondary N) is 1. The van der Waals surface area contributed by atoms with Gasteiger partial charge in [0.1, 0.15) is 5.82 Å². The summed E-state index contributed by atoms with van der Waals surface area (Å²) in [6, 6.07) is 9.29. The SMILES string of the molecule is Cc1ccc(C(=O)N(C)C(C)CN)cc1S(=O)(=O)Nc1ccc(F)cc1. The molecule has 8 heteroatoms. The van der Waals surface area contributed by atoms with Gasteiger partial charge in [-0.3, -0.25) is 9.52 Å². The number of likely N-dealkylation sites (N-methyl/N-ethyl adjacent to an activating group) is 1. The summed E-state index contributed by atoms with van der Waals surface area (Å²) in [5.41, 5.74) is 6.55. The van der Waals surface area contributed by atoms with Gasteiger partial charge in [0.2, 0.25) is 0 Å². The molecule has 26 heavy (non-hydrogen) atoms. The van der Waals surface area contributed by atoms with Gasteiger partial charge in [0.15, 0.2) is 0 Å². The minimum Gasteiger partial charge on any atom is -0.338 e. The van der Waals surface area contributed by atoms with Crippen molar-refractivity contribution in [1.29, 1.82) is 0 Å². The van der Waals surface area contributed by atoms with Crippen LogP contribution >= 0.6 is 0 Å². The summed E-state index contributed by atoms with van der Waals surface area (Å²) in [7, 11) is -2.32. The second-order valence-electron chi connectivity index (χ2n) is 6.09.